The molecule has 1 aromatic carbocycles. The molecule has 9 nitrogen and oxygen atoms in total. The number of ether oxygens (including phenoxy) is 2. The number of pyridine rings is 2. The number of benzene rings is 1. The minimum absolute atomic E-state index is 0.0381. The molecule has 2 N–H and O–H groups in total. The number of aromatic amines is 1. The lowest BCUT2D eigenvalue weighted by atomic mass is 9.98. The predicted octanol–water partition coefficient (Wildman–Crippen LogP) is 4.69. The molecular formula is C26H26N6O3. The lowest BCUT2D eigenvalue weighted by Crippen LogP contribution is -2.15. The van der Waals surface area contributed by atoms with Gasteiger partial charge in [0.2, 0.25) is 0 Å². The summed E-state index contributed by atoms with van der Waals surface area (Å²) in [6.07, 6.45) is 3.31. The molecule has 5 aromatic rings. The molecule has 1 amide bonds. The highest BCUT2D eigenvalue weighted by atomic mass is 16.7. The van der Waals surface area contributed by atoms with E-state index in [1.165, 1.54) is 0 Å². The Balaban J connectivity index is 1.44. The SMILES string of the molecule is CCOCOc1ccn2c(C(=O)Nc3cccc4n[nH]c(C(C)c5cccc(C)n5)c34)cnc2c1. The van der Waals surface area contributed by atoms with Crippen LogP contribution in [0.3, 0.4) is 0 Å². The number of hydrogen-bond acceptors (Lipinski definition) is 6. The summed E-state index contributed by atoms with van der Waals surface area (Å²) in [5.41, 5.74) is 5.22. The fraction of sp³-hybridized carbons (Fsp3) is 0.231. The van der Waals surface area contributed by atoms with Crippen LogP contribution in [0.1, 0.15) is 47.3 Å². The molecule has 4 heterocycles. The maximum absolute atomic E-state index is 13.3. The first-order valence-corrected chi connectivity index (χ1v) is 11.4. The van der Waals surface area contributed by atoms with Gasteiger partial charge in [-0.15, -0.1) is 0 Å². The van der Waals surface area contributed by atoms with Crippen molar-refractivity contribution in [3.8, 4) is 5.75 Å². The lowest BCUT2D eigenvalue weighted by molar-refractivity contribution is 0.0224. The van der Waals surface area contributed by atoms with Crippen molar-refractivity contribution < 1.29 is 14.3 Å². The molecule has 0 aliphatic heterocycles. The minimum Gasteiger partial charge on any atom is -0.467 e. The van der Waals surface area contributed by atoms with Crippen LogP contribution in [-0.2, 0) is 4.74 Å². The zero-order valence-corrected chi connectivity index (χ0v) is 19.8. The van der Waals surface area contributed by atoms with Gasteiger partial charge in [0.05, 0.1) is 23.1 Å². The van der Waals surface area contributed by atoms with Crippen LogP contribution in [0, 0.1) is 6.92 Å². The van der Waals surface area contributed by atoms with Gasteiger partial charge in [-0.2, -0.15) is 5.10 Å². The van der Waals surface area contributed by atoms with Gasteiger partial charge < -0.3 is 14.8 Å². The van der Waals surface area contributed by atoms with Crippen molar-refractivity contribution in [2.75, 3.05) is 18.7 Å². The first-order chi connectivity index (χ1) is 17.0. The Morgan fingerprint density at radius 1 is 1.20 bits per heavy atom. The van der Waals surface area contributed by atoms with Gasteiger partial charge >= 0.3 is 0 Å². The number of imidazole rings is 1. The van der Waals surface area contributed by atoms with Crippen LogP contribution in [-0.4, -0.2) is 43.9 Å². The van der Waals surface area contributed by atoms with E-state index in [-0.39, 0.29) is 18.6 Å². The van der Waals surface area contributed by atoms with E-state index in [1.54, 1.807) is 28.9 Å². The summed E-state index contributed by atoms with van der Waals surface area (Å²) < 4.78 is 12.5. The Hall–Kier alpha value is -4.24. The zero-order valence-electron chi connectivity index (χ0n) is 19.8. The Kier molecular flexibility index (Phi) is 6.15. The molecule has 9 heteroatoms. The standard InChI is InChI=1S/C26H26N6O3/c1-4-34-15-35-18-11-12-32-22(14-27-23(32)13-18)26(33)29-20-9-6-10-21-24(20)25(31-30-21)17(3)19-8-5-7-16(2)28-19/h5-14,17H,4,15H2,1-3H3,(H,29,33)(H,30,31). The van der Waals surface area contributed by atoms with Gasteiger partial charge in [-0.1, -0.05) is 19.1 Å². The molecule has 0 aliphatic rings. The lowest BCUT2D eigenvalue weighted by Gasteiger charge is -2.13. The average molecular weight is 471 g/mol. The third-order valence-electron chi connectivity index (χ3n) is 5.87. The quantitative estimate of drug-likeness (QED) is 0.252. The fourth-order valence-electron chi connectivity index (χ4n) is 4.06. The number of aryl methyl sites for hydroxylation is 1. The Morgan fingerprint density at radius 2 is 2.06 bits per heavy atom. The predicted molar refractivity (Wildman–Crippen MR) is 133 cm³/mol. The van der Waals surface area contributed by atoms with Crippen molar-refractivity contribution in [2.45, 2.75) is 26.7 Å². The summed E-state index contributed by atoms with van der Waals surface area (Å²) in [6.45, 7) is 6.68. The molecule has 35 heavy (non-hydrogen) atoms. The van der Waals surface area contributed by atoms with Crippen molar-refractivity contribution >= 4 is 28.1 Å². The Bertz CT molecular complexity index is 1510. The minimum atomic E-state index is -0.276. The Morgan fingerprint density at radius 3 is 2.89 bits per heavy atom. The van der Waals surface area contributed by atoms with Gasteiger partial charge in [0.25, 0.3) is 5.91 Å². The molecule has 0 aliphatic carbocycles. The van der Waals surface area contributed by atoms with Gasteiger partial charge in [0.1, 0.15) is 17.1 Å². The number of aromatic nitrogens is 5. The first kappa shape index (κ1) is 22.5. The number of carbonyl (C=O) groups excluding carboxylic acids is 1. The van der Waals surface area contributed by atoms with Crippen molar-refractivity contribution in [3.05, 3.63) is 83.7 Å². The highest BCUT2D eigenvalue weighted by Crippen LogP contribution is 2.33. The van der Waals surface area contributed by atoms with Crippen molar-refractivity contribution in [3.63, 3.8) is 0 Å². The second-order valence-electron chi connectivity index (χ2n) is 8.21. The van der Waals surface area contributed by atoms with E-state index in [1.807, 2.05) is 50.2 Å². The molecule has 1 atom stereocenters. The summed E-state index contributed by atoms with van der Waals surface area (Å²) in [5, 5.41) is 11.5. The van der Waals surface area contributed by atoms with E-state index in [2.05, 4.69) is 32.4 Å². The van der Waals surface area contributed by atoms with E-state index < -0.39 is 0 Å². The fourth-order valence-corrected chi connectivity index (χ4v) is 4.06. The molecule has 0 saturated heterocycles. The van der Waals surface area contributed by atoms with Gasteiger partial charge in [0, 0.05) is 41.6 Å². The monoisotopic (exact) mass is 470 g/mol. The highest BCUT2D eigenvalue weighted by molar-refractivity contribution is 6.08. The topological polar surface area (TPSA) is 106 Å². The number of H-pyrrole nitrogens is 1. The smallest absolute Gasteiger partial charge is 0.274 e. The van der Waals surface area contributed by atoms with Gasteiger partial charge in [-0.3, -0.25) is 19.3 Å². The second kappa shape index (κ2) is 9.55. The molecule has 4 aromatic heterocycles. The number of fused-ring (bicyclic) bond motifs is 2. The number of hydrogen-bond donors (Lipinski definition) is 2. The van der Waals surface area contributed by atoms with Gasteiger partial charge in [0.15, 0.2) is 6.79 Å². The van der Waals surface area contributed by atoms with E-state index in [9.17, 15) is 4.79 Å². The van der Waals surface area contributed by atoms with Crippen LogP contribution in [0.2, 0.25) is 0 Å². The summed E-state index contributed by atoms with van der Waals surface area (Å²) in [7, 11) is 0. The number of anilines is 1. The number of carbonyl (C=O) groups is 1. The normalized spacial score (nSPS) is 12.2. The van der Waals surface area contributed by atoms with Crippen molar-refractivity contribution in [1.29, 1.82) is 0 Å². The highest BCUT2D eigenvalue weighted by Gasteiger charge is 2.20. The largest absolute Gasteiger partial charge is 0.467 e. The molecule has 178 valence electrons. The zero-order chi connectivity index (χ0) is 24.4. The van der Waals surface area contributed by atoms with Crippen molar-refractivity contribution in [1.82, 2.24) is 24.6 Å². The molecule has 5 rings (SSSR count). The van der Waals surface area contributed by atoms with E-state index in [0.29, 0.717) is 29.4 Å². The van der Waals surface area contributed by atoms with Crippen LogP contribution in [0.15, 0.2) is 60.9 Å². The van der Waals surface area contributed by atoms with Crippen LogP contribution in [0.25, 0.3) is 16.6 Å². The summed E-state index contributed by atoms with van der Waals surface area (Å²) in [6, 6.07) is 15.2. The number of rotatable bonds is 8. The third kappa shape index (κ3) is 4.45. The molecular weight excluding hydrogens is 444 g/mol. The molecule has 0 spiro atoms. The maximum Gasteiger partial charge on any atom is 0.274 e. The van der Waals surface area contributed by atoms with Gasteiger partial charge in [-0.05, 0) is 44.2 Å². The number of nitrogens with zero attached hydrogens (tertiary/aromatic N) is 4. The first-order valence-electron chi connectivity index (χ1n) is 11.4. The number of amides is 1. The molecule has 0 saturated carbocycles. The Labute approximate surface area is 202 Å². The molecule has 0 bridgehead atoms. The summed E-state index contributed by atoms with van der Waals surface area (Å²) >= 11 is 0. The third-order valence-corrected chi connectivity index (χ3v) is 5.87. The van der Waals surface area contributed by atoms with Crippen LogP contribution in [0.4, 0.5) is 5.69 Å². The average Bonchev–Trinajstić information content (AvgIpc) is 3.48. The number of nitrogens with one attached hydrogen (secondary N) is 2. The van der Waals surface area contributed by atoms with Crippen LogP contribution < -0.4 is 10.1 Å². The van der Waals surface area contributed by atoms with Gasteiger partial charge in [-0.25, -0.2) is 4.98 Å². The van der Waals surface area contributed by atoms with Crippen LogP contribution >= 0.6 is 0 Å². The molecule has 0 radical (unpaired) electrons. The van der Waals surface area contributed by atoms with E-state index in [0.717, 1.165) is 28.0 Å². The van der Waals surface area contributed by atoms with Crippen molar-refractivity contribution in [2.24, 2.45) is 0 Å². The maximum atomic E-state index is 13.3. The second-order valence-corrected chi connectivity index (χ2v) is 8.21. The summed E-state index contributed by atoms with van der Waals surface area (Å²) in [5.74, 6) is 0.306. The van der Waals surface area contributed by atoms with E-state index >= 15 is 0 Å². The summed E-state index contributed by atoms with van der Waals surface area (Å²) in [4.78, 5) is 22.3. The molecule has 0 fully saturated rings. The van der Waals surface area contributed by atoms with Crippen LogP contribution in [0.5, 0.6) is 5.75 Å². The molecule has 1 unspecified atom stereocenters. The van der Waals surface area contributed by atoms with E-state index in [4.69, 9.17) is 9.47 Å².